The van der Waals surface area contributed by atoms with Crippen LogP contribution in [-0.2, 0) is 22.7 Å². The van der Waals surface area contributed by atoms with Gasteiger partial charge in [0.25, 0.3) is 11.7 Å². The number of aromatic nitrogens is 1. The second-order valence-electron chi connectivity index (χ2n) is 9.52. The molecule has 3 aromatic carbocycles. The zero-order valence-corrected chi connectivity index (χ0v) is 22.1. The van der Waals surface area contributed by atoms with E-state index in [1.807, 2.05) is 31.2 Å². The van der Waals surface area contributed by atoms with Crippen LogP contribution >= 0.6 is 0 Å². The van der Waals surface area contributed by atoms with Crippen LogP contribution in [0.15, 0.2) is 96.8 Å². The average Bonchev–Trinajstić information content (AvgIpc) is 3.22. The second kappa shape index (κ2) is 11.3. The van der Waals surface area contributed by atoms with Crippen molar-refractivity contribution in [2.24, 2.45) is 0 Å². The maximum atomic E-state index is 13.4. The van der Waals surface area contributed by atoms with Gasteiger partial charge in [0.15, 0.2) is 11.5 Å². The number of hydrogen-bond donors (Lipinski definition) is 2. The summed E-state index contributed by atoms with van der Waals surface area (Å²) in [6.07, 6.45) is 3.21. The first-order valence-electron chi connectivity index (χ1n) is 12.7. The standard InChI is InChI=1S/C32H28N2O6/c1-20-4-3-5-22(16-20)19-40-25-9-6-23(7-10-25)30(36)28-29(24-8-11-26(35)27(17-24)39-2)34(32(38)31(28)37)18-21-12-14-33-15-13-21/h3-17,29,35-36H,18-19H2,1-2H3/t29-/m1/s1. The van der Waals surface area contributed by atoms with Gasteiger partial charge in [-0.3, -0.25) is 14.6 Å². The Hall–Kier alpha value is -5.11. The van der Waals surface area contributed by atoms with E-state index in [0.717, 1.165) is 16.7 Å². The minimum absolute atomic E-state index is 0.0553. The third-order valence-corrected chi connectivity index (χ3v) is 6.78. The van der Waals surface area contributed by atoms with Crippen LogP contribution in [0.5, 0.6) is 17.2 Å². The van der Waals surface area contributed by atoms with Crippen LogP contribution in [0.3, 0.4) is 0 Å². The van der Waals surface area contributed by atoms with Crippen LogP contribution in [0.2, 0.25) is 0 Å². The fraction of sp³-hybridized carbons (Fsp3) is 0.156. The molecule has 1 aliphatic rings. The summed E-state index contributed by atoms with van der Waals surface area (Å²) < 4.78 is 11.2. The normalized spacial score (nSPS) is 16.2. The van der Waals surface area contributed by atoms with E-state index in [1.165, 1.54) is 18.1 Å². The molecule has 202 valence electrons. The molecule has 2 heterocycles. The zero-order valence-electron chi connectivity index (χ0n) is 22.1. The van der Waals surface area contributed by atoms with Crippen molar-refractivity contribution in [3.8, 4) is 17.2 Å². The zero-order chi connectivity index (χ0) is 28.2. The minimum Gasteiger partial charge on any atom is -0.507 e. The maximum absolute atomic E-state index is 13.4. The molecule has 0 unspecified atom stereocenters. The highest BCUT2D eigenvalue weighted by Crippen LogP contribution is 2.42. The number of carbonyl (C=O) groups is 2. The number of carbonyl (C=O) groups excluding carboxylic acids is 2. The Morgan fingerprint density at radius 2 is 1.70 bits per heavy atom. The van der Waals surface area contributed by atoms with Gasteiger partial charge in [0.1, 0.15) is 18.1 Å². The summed E-state index contributed by atoms with van der Waals surface area (Å²) in [5.74, 6) is -1.16. The molecule has 1 saturated heterocycles. The highest BCUT2D eigenvalue weighted by molar-refractivity contribution is 6.46. The lowest BCUT2D eigenvalue weighted by atomic mass is 9.94. The summed E-state index contributed by atoms with van der Waals surface area (Å²) in [6.45, 7) is 2.52. The highest BCUT2D eigenvalue weighted by Gasteiger charge is 2.46. The fourth-order valence-corrected chi connectivity index (χ4v) is 4.77. The third-order valence-electron chi connectivity index (χ3n) is 6.78. The van der Waals surface area contributed by atoms with Gasteiger partial charge in [-0.1, -0.05) is 35.9 Å². The maximum Gasteiger partial charge on any atom is 0.295 e. The number of ketones is 1. The van der Waals surface area contributed by atoms with Gasteiger partial charge in [-0.2, -0.15) is 0 Å². The molecule has 8 heteroatoms. The molecule has 40 heavy (non-hydrogen) atoms. The molecule has 5 rings (SSSR count). The van der Waals surface area contributed by atoms with E-state index in [4.69, 9.17) is 9.47 Å². The van der Waals surface area contributed by atoms with Gasteiger partial charge in [0.2, 0.25) is 0 Å². The topological polar surface area (TPSA) is 109 Å². The van der Waals surface area contributed by atoms with Gasteiger partial charge in [0.05, 0.1) is 18.7 Å². The quantitative estimate of drug-likeness (QED) is 0.179. The SMILES string of the molecule is COc1cc([C@@H]2C(=C(O)c3ccc(OCc4cccc(C)c4)cc3)C(=O)C(=O)N2Cc2ccncc2)ccc1O. The second-order valence-corrected chi connectivity index (χ2v) is 9.52. The number of phenols is 1. The molecule has 0 aliphatic carbocycles. The summed E-state index contributed by atoms with van der Waals surface area (Å²) in [5.41, 5.74) is 3.75. The molecule has 8 nitrogen and oxygen atoms in total. The first-order valence-corrected chi connectivity index (χ1v) is 12.7. The van der Waals surface area contributed by atoms with Crippen LogP contribution in [0, 0.1) is 6.92 Å². The summed E-state index contributed by atoms with van der Waals surface area (Å²) in [7, 11) is 1.41. The first-order chi connectivity index (χ1) is 19.4. The number of aliphatic hydroxyl groups excluding tert-OH is 1. The van der Waals surface area contributed by atoms with Crippen LogP contribution in [0.1, 0.15) is 33.9 Å². The number of methoxy groups -OCH3 is 1. The van der Waals surface area contributed by atoms with Gasteiger partial charge in [-0.25, -0.2) is 0 Å². The number of aryl methyl sites for hydroxylation is 1. The molecule has 1 aliphatic heterocycles. The number of aromatic hydroxyl groups is 1. The van der Waals surface area contributed by atoms with Crippen molar-refractivity contribution in [2.45, 2.75) is 26.1 Å². The Morgan fingerprint density at radius 1 is 0.950 bits per heavy atom. The van der Waals surface area contributed by atoms with Crippen molar-refractivity contribution in [1.82, 2.24) is 9.88 Å². The lowest BCUT2D eigenvalue weighted by Gasteiger charge is -2.26. The fourth-order valence-electron chi connectivity index (χ4n) is 4.77. The van der Waals surface area contributed by atoms with Gasteiger partial charge < -0.3 is 24.6 Å². The molecular formula is C32H28N2O6. The predicted octanol–water partition coefficient (Wildman–Crippen LogP) is 5.31. The van der Waals surface area contributed by atoms with Crippen LogP contribution in [0.4, 0.5) is 0 Å². The van der Waals surface area contributed by atoms with E-state index in [1.54, 1.807) is 60.9 Å². The van der Waals surface area contributed by atoms with E-state index >= 15 is 0 Å². The molecule has 1 amide bonds. The molecule has 1 fully saturated rings. The smallest absolute Gasteiger partial charge is 0.295 e. The molecule has 1 aromatic heterocycles. The number of aliphatic hydroxyl groups is 1. The van der Waals surface area contributed by atoms with Crippen LogP contribution in [0.25, 0.3) is 5.76 Å². The van der Waals surface area contributed by atoms with E-state index < -0.39 is 17.7 Å². The molecule has 0 bridgehead atoms. The number of Topliss-reactive ketones (excluding diaryl/α,β-unsaturated/α-hetero) is 1. The van der Waals surface area contributed by atoms with E-state index in [0.29, 0.717) is 23.5 Å². The van der Waals surface area contributed by atoms with E-state index in [9.17, 15) is 19.8 Å². The van der Waals surface area contributed by atoms with E-state index in [2.05, 4.69) is 4.98 Å². The number of rotatable bonds is 8. The number of nitrogens with zero attached hydrogens (tertiary/aromatic N) is 2. The minimum atomic E-state index is -0.917. The Labute approximate surface area is 231 Å². The number of phenolic OH excluding ortho intramolecular Hbond substituents is 1. The molecule has 0 spiro atoms. The molecule has 0 saturated carbocycles. The summed E-state index contributed by atoms with van der Waals surface area (Å²) >= 11 is 0. The van der Waals surface area contributed by atoms with Crippen LogP contribution < -0.4 is 9.47 Å². The number of benzene rings is 3. The number of pyridine rings is 1. The Morgan fingerprint density at radius 3 is 2.40 bits per heavy atom. The lowest BCUT2D eigenvalue weighted by Crippen LogP contribution is -2.29. The number of hydrogen-bond acceptors (Lipinski definition) is 7. The average molecular weight is 537 g/mol. The third kappa shape index (κ3) is 5.37. The Bertz CT molecular complexity index is 1580. The summed E-state index contributed by atoms with van der Waals surface area (Å²) in [6, 6.07) is 21.9. The molecule has 4 aromatic rings. The van der Waals surface area contributed by atoms with Crippen molar-refractivity contribution in [3.63, 3.8) is 0 Å². The number of ether oxygens (including phenoxy) is 2. The van der Waals surface area contributed by atoms with Gasteiger partial charge in [-0.15, -0.1) is 0 Å². The van der Waals surface area contributed by atoms with Crippen molar-refractivity contribution in [2.75, 3.05) is 7.11 Å². The Kier molecular flexibility index (Phi) is 7.50. The Balaban J connectivity index is 1.50. The molecule has 0 radical (unpaired) electrons. The van der Waals surface area contributed by atoms with E-state index in [-0.39, 0.29) is 29.4 Å². The monoisotopic (exact) mass is 536 g/mol. The summed E-state index contributed by atoms with van der Waals surface area (Å²) in [5, 5.41) is 21.5. The van der Waals surface area contributed by atoms with Crippen LogP contribution in [-0.4, -0.2) is 38.9 Å². The predicted molar refractivity (Wildman–Crippen MR) is 149 cm³/mol. The van der Waals surface area contributed by atoms with Crippen molar-refractivity contribution >= 4 is 17.4 Å². The molecule has 2 N–H and O–H groups in total. The van der Waals surface area contributed by atoms with Crippen molar-refractivity contribution < 1.29 is 29.3 Å². The number of amides is 1. The van der Waals surface area contributed by atoms with Gasteiger partial charge in [0, 0.05) is 24.5 Å². The molecular weight excluding hydrogens is 508 g/mol. The largest absolute Gasteiger partial charge is 0.507 e. The molecule has 1 atom stereocenters. The van der Waals surface area contributed by atoms with Gasteiger partial charge >= 0.3 is 0 Å². The highest BCUT2D eigenvalue weighted by atomic mass is 16.5. The number of likely N-dealkylation sites (tertiary alicyclic amines) is 1. The summed E-state index contributed by atoms with van der Waals surface area (Å²) in [4.78, 5) is 32.0. The van der Waals surface area contributed by atoms with Crippen molar-refractivity contribution in [3.05, 3.63) is 125 Å². The lowest BCUT2D eigenvalue weighted by molar-refractivity contribution is -0.140. The first kappa shape index (κ1) is 26.5. The van der Waals surface area contributed by atoms with Gasteiger partial charge in [-0.05, 0) is 72.1 Å². The van der Waals surface area contributed by atoms with Crippen molar-refractivity contribution in [1.29, 1.82) is 0 Å².